The first-order valence-corrected chi connectivity index (χ1v) is 5.87. The zero-order chi connectivity index (χ0) is 9.68. The molecule has 0 fully saturated rings. The van der Waals surface area contributed by atoms with Crippen LogP contribution in [-0.4, -0.2) is 12.6 Å². The third-order valence-electron chi connectivity index (χ3n) is 2.48. The molecule has 1 nitrogen and oxygen atoms in total. The van der Waals surface area contributed by atoms with Crippen molar-refractivity contribution in [3.8, 4) is 0 Å². The van der Waals surface area contributed by atoms with E-state index in [2.05, 4.69) is 43.6 Å². The molecule has 1 N–H and O–H groups in total. The molecule has 1 heterocycles. The Hall–Kier alpha value is -0.340. The van der Waals surface area contributed by atoms with E-state index in [0.29, 0.717) is 6.04 Å². The topological polar surface area (TPSA) is 12.0 Å². The fourth-order valence-corrected chi connectivity index (χ4v) is 2.29. The van der Waals surface area contributed by atoms with E-state index in [1.807, 2.05) is 11.3 Å². The number of hydrogen-bond donors (Lipinski definition) is 1. The van der Waals surface area contributed by atoms with Crippen LogP contribution < -0.4 is 5.32 Å². The first-order valence-electron chi connectivity index (χ1n) is 4.99. The molecule has 0 saturated carbocycles. The first kappa shape index (κ1) is 10.7. The van der Waals surface area contributed by atoms with Crippen LogP contribution in [0.4, 0.5) is 0 Å². The van der Waals surface area contributed by atoms with Crippen molar-refractivity contribution in [1.82, 2.24) is 5.32 Å². The molecule has 74 valence electrons. The quantitative estimate of drug-likeness (QED) is 0.765. The maximum atomic E-state index is 3.46. The first-order chi connectivity index (χ1) is 6.24. The third kappa shape index (κ3) is 3.49. The van der Waals surface area contributed by atoms with Gasteiger partial charge in [-0.25, -0.2) is 0 Å². The molecule has 0 radical (unpaired) electrons. The van der Waals surface area contributed by atoms with E-state index in [4.69, 9.17) is 0 Å². The van der Waals surface area contributed by atoms with Crippen LogP contribution in [0.25, 0.3) is 0 Å². The smallest absolute Gasteiger partial charge is 0.00677 e. The molecule has 2 unspecified atom stereocenters. The minimum atomic E-state index is 0.618. The Kier molecular flexibility index (Phi) is 4.46. The Morgan fingerprint density at radius 2 is 2.23 bits per heavy atom. The Bertz CT molecular complexity index is 218. The molecule has 1 aromatic heterocycles. The van der Waals surface area contributed by atoms with Gasteiger partial charge < -0.3 is 5.32 Å². The van der Waals surface area contributed by atoms with Gasteiger partial charge in [0.1, 0.15) is 0 Å². The van der Waals surface area contributed by atoms with E-state index in [1.165, 1.54) is 11.3 Å². The maximum Gasteiger partial charge on any atom is 0.00677 e. The lowest BCUT2D eigenvalue weighted by Crippen LogP contribution is -2.32. The molecule has 0 bridgehead atoms. The molecule has 1 rings (SSSR count). The Labute approximate surface area is 85.2 Å². The van der Waals surface area contributed by atoms with Gasteiger partial charge in [-0.3, -0.25) is 0 Å². The summed E-state index contributed by atoms with van der Waals surface area (Å²) in [5.41, 5.74) is 0. The summed E-state index contributed by atoms with van der Waals surface area (Å²) >= 11 is 1.86. The molecule has 0 aromatic carbocycles. The average Bonchev–Trinajstić information content (AvgIpc) is 2.57. The molecule has 0 amide bonds. The molecule has 13 heavy (non-hydrogen) atoms. The molecule has 0 aliphatic carbocycles. The summed E-state index contributed by atoms with van der Waals surface area (Å²) in [6.45, 7) is 7.80. The summed E-state index contributed by atoms with van der Waals surface area (Å²) in [5, 5.41) is 5.62. The lowest BCUT2D eigenvalue weighted by atomic mass is 9.99. The van der Waals surface area contributed by atoms with Crippen molar-refractivity contribution in [1.29, 1.82) is 0 Å². The largest absolute Gasteiger partial charge is 0.314 e. The second-order valence-corrected chi connectivity index (χ2v) is 4.64. The van der Waals surface area contributed by atoms with Crippen LogP contribution in [0.5, 0.6) is 0 Å². The summed E-state index contributed by atoms with van der Waals surface area (Å²) in [7, 11) is 0. The van der Waals surface area contributed by atoms with Crippen molar-refractivity contribution in [2.75, 3.05) is 6.54 Å². The van der Waals surface area contributed by atoms with Crippen molar-refractivity contribution in [3.63, 3.8) is 0 Å². The van der Waals surface area contributed by atoms with Crippen molar-refractivity contribution >= 4 is 11.3 Å². The third-order valence-corrected chi connectivity index (χ3v) is 3.38. The van der Waals surface area contributed by atoms with Crippen LogP contribution >= 0.6 is 11.3 Å². The standard InChI is InChI=1S/C11H19NS/c1-4-12-10(3)9(2)8-11-6-5-7-13-11/h5-7,9-10,12H,4,8H2,1-3H3. The van der Waals surface area contributed by atoms with Crippen LogP contribution in [0.3, 0.4) is 0 Å². The lowest BCUT2D eigenvalue weighted by molar-refractivity contribution is 0.408. The Balaban J connectivity index is 2.36. The molecule has 0 saturated heterocycles. The highest BCUT2D eigenvalue weighted by Crippen LogP contribution is 2.16. The van der Waals surface area contributed by atoms with E-state index in [-0.39, 0.29) is 0 Å². The molecular weight excluding hydrogens is 178 g/mol. The predicted molar refractivity (Wildman–Crippen MR) is 60.3 cm³/mol. The molecule has 0 aliphatic rings. The molecule has 0 spiro atoms. The van der Waals surface area contributed by atoms with Crippen LogP contribution in [0, 0.1) is 5.92 Å². The fraction of sp³-hybridized carbons (Fsp3) is 0.636. The highest BCUT2D eigenvalue weighted by Gasteiger charge is 2.11. The van der Waals surface area contributed by atoms with Gasteiger partial charge in [-0.15, -0.1) is 11.3 Å². The van der Waals surface area contributed by atoms with Crippen molar-refractivity contribution in [3.05, 3.63) is 22.4 Å². The van der Waals surface area contributed by atoms with Gasteiger partial charge in [0.15, 0.2) is 0 Å². The van der Waals surface area contributed by atoms with Gasteiger partial charge in [-0.1, -0.05) is 19.9 Å². The molecule has 2 atom stereocenters. The van der Waals surface area contributed by atoms with Crippen molar-refractivity contribution in [2.45, 2.75) is 33.2 Å². The maximum absolute atomic E-state index is 3.46. The van der Waals surface area contributed by atoms with E-state index in [0.717, 1.165) is 12.5 Å². The number of rotatable bonds is 5. The minimum Gasteiger partial charge on any atom is -0.314 e. The SMILES string of the molecule is CCNC(C)C(C)Cc1cccs1. The summed E-state index contributed by atoms with van der Waals surface area (Å²) in [5.74, 6) is 0.721. The van der Waals surface area contributed by atoms with Gasteiger partial charge in [-0.2, -0.15) is 0 Å². The second-order valence-electron chi connectivity index (χ2n) is 3.61. The number of hydrogen-bond acceptors (Lipinski definition) is 2. The zero-order valence-electron chi connectivity index (χ0n) is 8.71. The zero-order valence-corrected chi connectivity index (χ0v) is 9.53. The van der Waals surface area contributed by atoms with E-state index >= 15 is 0 Å². The molecular formula is C11H19NS. The van der Waals surface area contributed by atoms with Crippen molar-refractivity contribution < 1.29 is 0 Å². The second kappa shape index (κ2) is 5.40. The van der Waals surface area contributed by atoms with Gasteiger partial charge in [0.05, 0.1) is 0 Å². The summed E-state index contributed by atoms with van der Waals surface area (Å²) in [6, 6.07) is 4.97. The van der Waals surface area contributed by atoms with Gasteiger partial charge in [-0.05, 0) is 37.3 Å². The summed E-state index contributed by atoms with van der Waals surface area (Å²) < 4.78 is 0. The predicted octanol–water partition coefficient (Wildman–Crippen LogP) is 2.92. The lowest BCUT2D eigenvalue weighted by Gasteiger charge is -2.19. The molecule has 0 aliphatic heterocycles. The fourth-order valence-electron chi connectivity index (χ4n) is 1.45. The highest BCUT2D eigenvalue weighted by atomic mass is 32.1. The minimum absolute atomic E-state index is 0.618. The highest BCUT2D eigenvalue weighted by molar-refractivity contribution is 7.09. The summed E-state index contributed by atoms with van der Waals surface area (Å²) in [6.07, 6.45) is 1.20. The van der Waals surface area contributed by atoms with E-state index in [1.54, 1.807) is 0 Å². The van der Waals surface area contributed by atoms with Crippen LogP contribution in [0.1, 0.15) is 25.6 Å². The van der Waals surface area contributed by atoms with Gasteiger partial charge >= 0.3 is 0 Å². The Morgan fingerprint density at radius 1 is 1.46 bits per heavy atom. The average molecular weight is 197 g/mol. The molecule has 2 heteroatoms. The van der Waals surface area contributed by atoms with Crippen molar-refractivity contribution in [2.24, 2.45) is 5.92 Å². The number of thiophene rings is 1. The molecule has 1 aromatic rings. The normalized spacial score (nSPS) is 15.6. The Morgan fingerprint density at radius 3 is 2.77 bits per heavy atom. The van der Waals surface area contributed by atoms with Gasteiger partial charge in [0, 0.05) is 10.9 Å². The number of nitrogens with one attached hydrogen (secondary N) is 1. The van der Waals surface area contributed by atoms with E-state index in [9.17, 15) is 0 Å². The monoisotopic (exact) mass is 197 g/mol. The van der Waals surface area contributed by atoms with Crippen LogP contribution in [0.15, 0.2) is 17.5 Å². The van der Waals surface area contributed by atoms with Gasteiger partial charge in [0.2, 0.25) is 0 Å². The van der Waals surface area contributed by atoms with Gasteiger partial charge in [0.25, 0.3) is 0 Å². The summed E-state index contributed by atoms with van der Waals surface area (Å²) in [4.78, 5) is 1.50. The van der Waals surface area contributed by atoms with E-state index < -0.39 is 0 Å². The van der Waals surface area contributed by atoms with Crippen LogP contribution in [-0.2, 0) is 6.42 Å². The van der Waals surface area contributed by atoms with Crippen LogP contribution in [0.2, 0.25) is 0 Å².